The van der Waals surface area contributed by atoms with Gasteiger partial charge in [0.05, 0.1) is 0 Å². The maximum absolute atomic E-state index is 11.5. The van der Waals surface area contributed by atoms with Gasteiger partial charge in [-0.2, -0.15) is 0 Å². The van der Waals surface area contributed by atoms with E-state index in [1.807, 2.05) is 0 Å². The molecule has 15 heavy (non-hydrogen) atoms. The number of carbonyl (C=O) groups is 1. The SMILES string of the molecule is C#CCCCN1C2CCCC1CC(=O)C2. The number of hydrogen-bond donors (Lipinski definition) is 0. The highest BCUT2D eigenvalue weighted by Crippen LogP contribution is 2.32. The molecule has 0 spiro atoms. The van der Waals surface area contributed by atoms with Crippen molar-refractivity contribution in [2.45, 2.75) is 57.0 Å². The van der Waals surface area contributed by atoms with Gasteiger partial charge in [-0.15, -0.1) is 12.3 Å². The Hall–Kier alpha value is -0.810. The topological polar surface area (TPSA) is 20.3 Å². The van der Waals surface area contributed by atoms with Crippen molar-refractivity contribution in [3.8, 4) is 12.3 Å². The van der Waals surface area contributed by atoms with Crippen LogP contribution in [0.1, 0.15) is 44.9 Å². The third-order valence-corrected chi connectivity index (χ3v) is 3.68. The van der Waals surface area contributed by atoms with Gasteiger partial charge >= 0.3 is 0 Å². The fraction of sp³-hybridized carbons (Fsp3) is 0.769. The molecule has 0 saturated carbocycles. The van der Waals surface area contributed by atoms with E-state index in [9.17, 15) is 4.79 Å². The van der Waals surface area contributed by atoms with Gasteiger partial charge < -0.3 is 0 Å². The molecule has 2 fully saturated rings. The maximum atomic E-state index is 11.5. The quantitative estimate of drug-likeness (QED) is 0.519. The Bertz CT molecular complexity index is 263. The van der Waals surface area contributed by atoms with Crippen molar-refractivity contribution in [2.24, 2.45) is 0 Å². The molecule has 2 aliphatic rings. The summed E-state index contributed by atoms with van der Waals surface area (Å²) in [7, 11) is 0. The number of carbonyl (C=O) groups excluding carboxylic acids is 1. The van der Waals surface area contributed by atoms with Crippen molar-refractivity contribution in [1.82, 2.24) is 4.90 Å². The summed E-state index contributed by atoms with van der Waals surface area (Å²) in [4.78, 5) is 14.0. The molecule has 0 aliphatic carbocycles. The van der Waals surface area contributed by atoms with Crippen LogP contribution in [0.15, 0.2) is 0 Å². The van der Waals surface area contributed by atoms with E-state index in [2.05, 4.69) is 10.8 Å². The standard InChI is InChI=1S/C13H19NO/c1-2-3-4-8-14-11-6-5-7-12(14)10-13(15)9-11/h1,11-12H,3-10H2. The third-order valence-electron chi connectivity index (χ3n) is 3.68. The van der Waals surface area contributed by atoms with Gasteiger partial charge in [0.15, 0.2) is 0 Å². The van der Waals surface area contributed by atoms with Crippen LogP contribution < -0.4 is 0 Å². The fourth-order valence-corrected chi connectivity index (χ4v) is 3.00. The second kappa shape index (κ2) is 4.81. The van der Waals surface area contributed by atoms with Gasteiger partial charge in [0, 0.05) is 31.3 Å². The molecule has 2 atom stereocenters. The lowest BCUT2D eigenvalue weighted by atomic mass is 9.83. The first-order valence-corrected chi connectivity index (χ1v) is 6.02. The first kappa shape index (κ1) is 10.7. The predicted molar refractivity (Wildman–Crippen MR) is 60.4 cm³/mol. The average Bonchev–Trinajstić information content (AvgIpc) is 2.19. The van der Waals surface area contributed by atoms with Crippen molar-refractivity contribution >= 4 is 5.78 Å². The molecule has 2 rings (SSSR count). The van der Waals surface area contributed by atoms with Gasteiger partial charge in [0.2, 0.25) is 0 Å². The number of fused-ring (bicyclic) bond motifs is 2. The lowest BCUT2D eigenvalue weighted by molar-refractivity contribution is -0.127. The zero-order valence-corrected chi connectivity index (χ0v) is 9.24. The van der Waals surface area contributed by atoms with Gasteiger partial charge in [-0.25, -0.2) is 0 Å². The lowest BCUT2D eigenvalue weighted by Gasteiger charge is -2.45. The molecule has 2 heteroatoms. The minimum absolute atomic E-state index is 0.470. The van der Waals surface area contributed by atoms with Crippen molar-refractivity contribution in [3.63, 3.8) is 0 Å². The third kappa shape index (κ3) is 2.41. The molecule has 0 amide bonds. The largest absolute Gasteiger partial charge is 0.300 e. The molecule has 2 aliphatic heterocycles. The number of nitrogens with zero attached hydrogens (tertiary/aromatic N) is 1. The zero-order valence-electron chi connectivity index (χ0n) is 9.24. The molecule has 2 bridgehead atoms. The van der Waals surface area contributed by atoms with Crippen LogP contribution in [0, 0.1) is 12.3 Å². The minimum atomic E-state index is 0.470. The van der Waals surface area contributed by atoms with E-state index in [-0.39, 0.29) is 0 Å². The van der Waals surface area contributed by atoms with Crippen LogP contribution >= 0.6 is 0 Å². The Balaban J connectivity index is 1.92. The van der Waals surface area contributed by atoms with Crippen molar-refractivity contribution in [3.05, 3.63) is 0 Å². The van der Waals surface area contributed by atoms with E-state index in [1.165, 1.54) is 19.3 Å². The van der Waals surface area contributed by atoms with Gasteiger partial charge in [-0.1, -0.05) is 6.42 Å². The summed E-state index contributed by atoms with van der Waals surface area (Å²) < 4.78 is 0. The summed E-state index contributed by atoms with van der Waals surface area (Å²) in [5.41, 5.74) is 0. The Morgan fingerprint density at radius 3 is 2.60 bits per heavy atom. The Morgan fingerprint density at radius 2 is 2.00 bits per heavy atom. The summed E-state index contributed by atoms with van der Waals surface area (Å²) in [6.45, 7) is 1.09. The predicted octanol–water partition coefficient (Wildman–Crippen LogP) is 1.99. The highest BCUT2D eigenvalue weighted by atomic mass is 16.1. The van der Waals surface area contributed by atoms with E-state index in [4.69, 9.17) is 6.42 Å². The number of unbranched alkanes of at least 4 members (excludes halogenated alkanes) is 1. The molecule has 0 aromatic carbocycles. The van der Waals surface area contributed by atoms with E-state index in [1.54, 1.807) is 0 Å². The monoisotopic (exact) mass is 205 g/mol. The van der Waals surface area contributed by atoms with Crippen molar-refractivity contribution < 1.29 is 4.79 Å². The Labute approximate surface area is 92.0 Å². The number of terminal acetylenes is 1. The van der Waals surface area contributed by atoms with E-state index in [0.29, 0.717) is 17.9 Å². The summed E-state index contributed by atoms with van der Waals surface area (Å²) in [5, 5.41) is 0. The number of hydrogen-bond acceptors (Lipinski definition) is 2. The summed E-state index contributed by atoms with van der Waals surface area (Å²) in [6.07, 6.45) is 12.5. The Morgan fingerprint density at radius 1 is 1.33 bits per heavy atom. The number of rotatable bonds is 3. The Kier molecular flexibility index (Phi) is 3.43. The zero-order chi connectivity index (χ0) is 10.7. The summed E-state index contributed by atoms with van der Waals surface area (Å²) >= 11 is 0. The molecular formula is C13H19NO. The normalized spacial score (nSPS) is 31.3. The minimum Gasteiger partial charge on any atom is -0.300 e. The van der Waals surface area contributed by atoms with Crippen LogP contribution in [0.4, 0.5) is 0 Å². The van der Waals surface area contributed by atoms with Crippen LogP contribution in [-0.2, 0) is 4.79 Å². The molecule has 2 saturated heterocycles. The first-order chi connectivity index (χ1) is 7.31. The molecule has 0 N–H and O–H groups in total. The van der Waals surface area contributed by atoms with Gasteiger partial charge in [0.25, 0.3) is 0 Å². The highest BCUT2D eigenvalue weighted by molar-refractivity contribution is 5.80. The second-order valence-electron chi connectivity index (χ2n) is 4.73. The van der Waals surface area contributed by atoms with Gasteiger partial charge in [-0.3, -0.25) is 9.69 Å². The molecular weight excluding hydrogens is 186 g/mol. The van der Waals surface area contributed by atoms with Gasteiger partial charge in [0.1, 0.15) is 5.78 Å². The number of piperidine rings is 2. The number of Topliss-reactive ketones (excluding diaryl/α,β-unsaturated/α-hetero) is 1. The fourth-order valence-electron chi connectivity index (χ4n) is 3.00. The van der Waals surface area contributed by atoms with Crippen LogP contribution in [0.25, 0.3) is 0 Å². The molecule has 2 heterocycles. The molecule has 0 radical (unpaired) electrons. The molecule has 2 unspecified atom stereocenters. The highest BCUT2D eigenvalue weighted by Gasteiger charge is 2.36. The molecule has 82 valence electrons. The molecule has 2 nitrogen and oxygen atoms in total. The van der Waals surface area contributed by atoms with Crippen LogP contribution in [0.3, 0.4) is 0 Å². The van der Waals surface area contributed by atoms with Crippen LogP contribution in [0.5, 0.6) is 0 Å². The molecule has 0 aromatic heterocycles. The van der Waals surface area contributed by atoms with Crippen LogP contribution in [0.2, 0.25) is 0 Å². The van der Waals surface area contributed by atoms with Crippen molar-refractivity contribution in [2.75, 3.05) is 6.54 Å². The van der Waals surface area contributed by atoms with E-state index in [0.717, 1.165) is 32.2 Å². The van der Waals surface area contributed by atoms with Crippen molar-refractivity contribution in [1.29, 1.82) is 0 Å². The summed E-state index contributed by atoms with van der Waals surface area (Å²) in [5.74, 6) is 3.16. The molecule has 0 aromatic rings. The van der Waals surface area contributed by atoms with E-state index < -0.39 is 0 Å². The smallest absolute Gasteiger partial charge is 0.136 e. The van der Waals surface area contributed by atoms with E-state index >= 15 is 0 Å². The second-order valence-corrected chi connectivity index (χ2v) is 4.73. The summed E-state index contributed by atoms with van der Waals surface area (Å²) in [6, 6.07) is 1.06. The van der Waals surface area contributed by atoms with Gasteiger partial charge in [-0.05, 0) is 25.8 Å². The van der Waals surface area contributed by atoms with Crippen LogP contribution in [-0.4, -0.2) is 29.3 Å². The maximum Gasteiger partial charge on any atom is 0.136 e. The number of ketones is 1. The first-order valence-electron chi connectivity index (χ1n) is 6.02. The average molecular weight is 205 g/mol. The lowest BCUT2D eigenvalue weighted by Crippen LogP contribution is -2.52.